The van der Waals surface area contributed by atoms with Gasteiger partial charge in [0.25, 0.3) is 0 Å². The molecule has 0 fully saturated rings. The van der Waals surface area contributed by atoms with Crippen LogP contribution in [0.3, 0.4) is 0 Å². The summed E-state index contributed by atoms with van der Waals surface area (Å²) in [6, 6.07) is 0. The van der Waals surface area contributed by atoms with Gasteiger partial charge in [0, 0.05) is 6.42 Å². The second-order valence-corrected chi connectivity index (χ2v) is 6.92. The van der Waals surface area contributed by atoms with Crippen LogP contribution in [0, 0.1) is 0 Å². The van der Waals surface area contributed by atoms with Crippen molar-refractivity contribution in [2.24, 2.45) is 0 Å². The largest absolute Gasteiger partial charge is 0.460 e. The van der Waals surface area contributed by atoms with Gasteiger partial charge in [0.2, 0.25) is 0 Å². The molecule has 0 spiro atoms. The molecule has 0 saturated heterocycles. The SMILES string of the molecule is CCCCC/C=C/C/C=C/CCCCCCCC(=O)OC(C)C(C)O. The molecule has 0 aliphatic rings. The Morgan fingerprint density at radius 1 is 0.880 bits per heavy atom. The highest BCUT2D eigenvalue weighted by Crippen LogP contribution is 2.09. The van der Waals surface area contributed by atoms with Crippen molar-refractivity contribution >= 4 is 5.97 Å². The summed E-state index contributed by atoms with van der Waals surface area (Å²) in [6.07, 6.45) is 21.5. The number of hydrogen-bond acceptors (Lipinski definition) is 3. The van der Waals surface area contributed by atoms with E-state index in [0.717, 1.165) is 25.7 Å². The zero-order valence-electron chi connectivity index (χ0n) is 16.7. The molecule has 25 heavy (non-hydrogen) atoms. The number of carbonyl (C=O) groups is 1. The molecule has 2 atom stereocenters. The van der Waals surface area contributed by atoms with Gasteiger partial charge in [-0.05, 0) is 52.4 Å². The Labute approximate surface area is 155 Å². The fourth-order valence-electron chi connectivity index (χ4n) is 2.45. The lowest BCUT2D eigenvalue weighted by Crippen LogP contribution is -2.25. The normalized spacial score (nSPS) is 14.2. The average molecular weight is 353 g/mol. The Morgan fingerprint density at radius 2 is 1.44 bits per heavy atom. The topological polar surface area (TPSA) is 46.5 Å². The zero-order chi connectivity index (χ0) is 18.8. The molecular formula is C22H40O3. The molecule has 0 radical (unpaired) electrons. The van der Waals surface area contributed by atoms with E-state index in [-0.39, 0.29) is 5.97 Å². The predicted molar refractivity (Wildman–Crippen MR) is 107 cm³/mol. The van der Waals surface area contributed by atoms with Crippen LogP contribution < -0.4 is 0 Å². The third kappa shape index (κ3) is 17.5. The summed E-state index contributed by atoms with van der Waals surface area (Å²) in [6.45, 7) is 5.59. The fraction of sp³-hybridized carbons (Fsp3) is 0.773. The molecule has 0 rings (SSSR count). The van der Waals surface area contributed by atoms with Crippen molar-refractivity contribution in [3.8, 4) is 0 Å². The number of aliphatic hydroxyl groups is 1. The summed E-state index contributed by atoms with van der Waals surface area (Å²) in [5.74, 6) is -0.195. The number of ether oxygens (including phenoxy) is 1. The van der Waals surface area contributed by atoms with E-state index in [1.165, 1.54) is 44.9 Å². The Balaban J connectivity index is 3.35. The van der Waals surface area contributed by atoms with Crippen LogP contribution in [0.5, 0.6) is 0 Å². The van der Waals surface area contributed by atoms with Crippen molar-refractivity contribution < 1.29 is 14.6 Å². The predicted octanol–water partition coefficient (Wildman–Crippen LogP) is 6.11. The molecule has 1 N–H and O–H groups in total. The third-order valence-corrected chi connectivity index (χ3v) is 4.33. The molecule has 0 amide bonds. The van der Waals surface area contributed by atoms with Crippen LogP contribution in [0.1, 0.15) is 97.8 Å². The Morgan fingerprint density at radius 3 is 2.04 bits per heavy atom. The first kappa shape index (κ1) is 23.9. The first-order valence-corrected chi connectivity index (χ1v) is 10.3. The van der Waals surface area contributed by atoms with E-state index in [2.05, 4.69) is 31.2 Å². The van der Waals surface area contributed by atoms with Crippen molar-refractivity contribution in [3.05, 3.63) is 24.3 Å². The van der Waals surface area contributed by atoms with Gasteiger partial charge in [0.15, 0.2) is 0 Å². The Hall–Kier alpha value is -1.09. The smallest absolute Gasteiger partial charge is 0.306 e. The second kappa shape index (κ2) is 17.7. The summed E-state index contributed by atoms with van der Waals surface area (Å²) < 4.78 is 5.13. The van der Waals surface area contributed by atoms with E-state index in [1.54, 1.807) is 13.8 Å². The van der Waals surface area contributed by atoms with Crippen LogP contribution in [0.4, 0.5) is 0 Å². The summed E-state index contributed by atoms with van der Waals surface area (Å²) in [5.41, 5.74) is 0. The van der Waals surface area contributed by atoms with Gasteiger partial charge in [-0.3, -0.25) is 4.79 Å². The number of carbonyl (C=O) groups excluding carboxylic acids is 1. The number of hydrogen-bond donors (Lipinski definition) is 1. The number of esters is 1. The van der Waals surface area contributed by atoms with Gasteiger partial charge in [-0.2, -0.15) is 0 Å². The third-order valence-electron chi connectivity index (χ3n) is 4.33. The summed E-state index contributed by atoms with van der Waals surface area (Å²) in [7, 11) is 0. The number of unbranched alkanes of at least 4 members (excludes halogenated alkanes) is 8. The first-order chi connectivity index (χ1) is 12.1. The highest BCUT2D eigenvalue weighted by Gasteiger charge is 2.13. The van der Waals surface area contributed by atoms with Gasteiger partial charge in [-0.25, -0.2) is 0 Å². The maximum atomic E-state index is 11.5. The molecule has 0 aromatic heterocycles. The van der Waals surface area contributed by atoms with E-state index in [4.69, 9.17) is 4.74 Å². The molecular weight excluding hydrogens is 312 g/mol. The molecule has 0 bridgehead atoms. The minimum Gasteiger partial charge on any atom is -0.460 e. The van der Waals surface area contributed by atoms with Crippen LogP contribution in [0.25, 0.3) is 0 Å². The van der Waals surface area contributed by atoms with Crippen LogP contribution >= 0.6 is 0 Å². The minimum atomic E-state index is -0.603. The van der Waals surface area contributed by atoms with Gasteiger partial charge in [0.1, 0.15) is 6.10 Å². The highest BCUT2D eigenvalue weighted by atomic mass is 16.6. The van der Waals surface area contributed by atoms with E-state index in [0.29, 0.717) is 6.42 Å². The van der Waals surface area contributed by atoms with E-state index in [9.17, 15) is 9.90 Å². The first-order valence-electron chi connectivity index (χ1n) is 10.3. The molecule has 146 valence electrons. The Kier molecular flexibility index (Phi) is 17.0. The molecule has 0 aliphatic heterocycles. The van der Waals surface area contributed by atoms with Crippen molar-refractivity contribution in [1.82, 2.24) is 0 Å². The summed E-state index contributed by atoms with van der Waals surface area (Å²) in [5, 5.41) is 9.29. The van der Waals surface area contributed by atoms with Crippen molar-refractivity contribution in [3.63, 3.8) is 0 Å². The van der Waals surface area contributed by atoms with E-state index < -0.39 is 12.2 Å². The minimum absolute atomic E-state index is 0.195. The molecule has 3 heteroatoms. The van der Waals surface area contributed by atoms with Crippen molar-refractivity contribution in [1.29, 1.82) is 0 Å². The number of aliphatic hydroxyl groups excluding tert-OH is 1. The molecule has 2 unspecified atom stereocenters. The second-order valence-electron chi connectivity index (χ2n) is 6.92. The van der Waals surface area contributed by atoms with E-state index >= 15 is 0 Å². The fourth-order valence-corrected chi connectivity index (χ4v) is 2.45. The van der Waals surface area contributed by atoms with Crippen molar-refractivity contribution in [2.75, 3.05) is 0 Å². The van der Waals surface area contributed by atoms with Crippen LogP contribution in [0.2, 0.25) is 0 Å². The number of rotatable bonds is 16. The molecule has 0 aliphatic carbocycles. The lowest BCUT2D eigenvalue weighted by molar-refractivity contribution is -0.153. The van der Waals surface area contributed by atoms with Gasteiger partial charge in [-0.1, -0.05) is 63.3 Å². The van der Waals surface area contributed by atoms with Gasteiger partial charge < -0.3 is 9.84 Å². The molecule has 0 saturated carbocycles. The maximum absolute atomic E-state index is 11.5. The lowest BCUT2D eigenvalue weighted by atomic mass is 10.1. The van der Waals surface area contributed by atoms with Crippen LogP contribution in [0.15, 0.2) is 24.3 Å². The lowest BCUT2D eigenvalue weighted by Gasteiger charge is -2.15. The molecule has 0 heterocycles. The molecule has 0 aromatic carbocycles. The van der Waals surface area contributed by atoms with Gasteiger partial charge in [0.05, 0.1) is 6.10 Å². The Bertz CT molecular complexity index is 358. The van der Waals surface area contributed by atoms with Gasteiger partial charge >= 0.3 is 5.97 Å². The summed E-state index contributed by atoms with van der Waals surface area (Å²) >= 11 is 0. The molecule has 3 nitrogen and oxygen atoms in total. The zero-order valence-corrected chi connectivity index (χ0v) is 16.7. The average Bonchev–Trinajstić information content (AvgIpc) is 2.58. The van der Waals surface area contributed by atoms with Crippen LogP contribution in [-0.4, -0.2) is 23.3 Å². The van der Waals surface area contributed by atoms with Crippen LogP contribution in [-0.2, 0) is 9.53 Å². The van der Waals surface area contributed by atoms with Crippen molar-refractivity contribution in [2.45, 2.75) is 110 Å². The highest BCUT2D eigenvalue weighted by molar-refractivity contribution is 5.69. The number of allylic oxidation sites excluding steroid dienone is 4. The van der Waals surface area contributed by atoms with E-state index in [1.807, 2.05) is 0 Å². The standard InChI is InChI=1S/C22H40O3/c1-4-5-6-7-8-9-10-11-12-13-14-15-16-17-18-19-22(24)25-21(3)20(2)23/h8-9,11-12,20-21,23H,4-7,10,13-19H2,1-3H3/b9-8+,12-11+. The maximum Gasteiger partial charge on any atom is 0.306 e. The summed E-state index contributed by atoms with van der Waals surface area (Å²) in [4.78, 5) is 11.5. The van der Waals surface area contributed by atoms with Gasteiger partial charge in [-0.15, -0.1) is 0 Å². The monoisotopic (exact) mass is 352 g/mol. The quantitative estimate of drug-likeness (QED) is 0.207. The molecule has 0 aromatic rings.